The lowest BCUT2D eigenvalue weighted by Crippen LogP contribution is -2.32. The third-order valence-electron chi connectivity index (χ3n) is 5.63. The van der Waals surface area contributed by atoms with Crippen LogP contribution in [0.15, 0.2) is 71.8 Å². The molecule has 1 fully saturated rings. The van der Waals surface area contributed by atoms with Gasteiger partial charge in [0.25, 0.3) is 11.8 Å². The van der Waals surface area contributed by atoms with Crippen molar-refractivity contribution in [2.24, 2.45) is 0 Å². The summed E-state index contributed by atoms with van der Waals surface area (Å²) < 4.78 is 27.4. The molecule has 0 aromatic heterocycles. The molecule has 0 saturated carbocycles. The molecule has 2 aliphatic rings. The van der Waals surface area contributed by atoms with Gasteiger partial charge in [-0.05, 0) is 43.5 Å². The Labute approximate surface area is 188 Å². The van der Waals surface area contributed by atoms with Crippen LogP contribution in [0, 0.1) is 6.92 Å². The molecule has 2 heterocycles. The van der Waals surface area contributed by atoms with Gasteiger partial charge in [-0.25, -0.2) is 8.42 Å². The van der Waals surface area contributed by atoms with Gasteiger partial charge in [0.2, 0.25) is 10.0 Å². The highest BCUT2D eigenvalue weighted by molar-refractivity contribution is 7.89. The Bertz CT molecular complexity index is 1210. The molecule has 2 amide bonds. The quantitative estimate of drug-likeness (QED) is 0.516. The van der Waals surface area contributed by atoms with Crippen LogP contribution in [0.3, 0.4) is 0 Å². The summed E-state index contributed by atoms with van der Waals surface area (Å²) in [4.78, 5) is 27.4. The summed E-state index contributed by atoms with van der Waals surface area (Å²) in [6, 6.07) is 13.7. The third kappa shape index (κ3) is 3.99. The fraction of sp³-hybridized carbons (Fsp3) is 0.250. The van der Waals surface area contributed by atoms with Gasteiger partial charge < -0.3 is 5.32 Å². The first-order valence-electron chi connectivity index (χ1n) is 10.5. The molecule has 2 aromatic rings. The van der Waals surface area contributed by atoms with Crippen molar-refractivity contribution < 1.29 is 18.0 Å². The number of sulfonamides is 1. The van der Waals surface area contributed by atoms with Crippen LogP contribution in [-0.2, 0) is 19.6 Å². The van der Waals surface area contributed by atoms with Gasteiger partial charge in [-0.2, -0.15) is 4.31 Å². The number of rotatable bonds is 7. The van der Waals surface area contributed by atoms with Gasteiger partial charge in [0.1, 0.15) is 5.70 Å². The third-order valence-corrected chi connectivity index (χ3v) is 7.52. The van der Waals surface area contributed by atoms with Gasteiger partial charge in [-0.15, -0.1) is 6.58 Å². The molecule has 4 rings (SSSR count). The molecular weight excluding hydrogens is 426 g/mol. The van der Waals surface area contributed by atoms with Crippen molar-refractivity contribution in [2.75, 3.05) is 25.0 Å². The van der Waals surface area contributed by atoms with Crippen LogP contribution in [-0.4, -0.2) is 49.1 Å². The zero-order valence-electron chi connectivity index (χ0n) is 17.9. The number of hydrogen-bond donors (Lipinski definition) is 1. The first-order valence-corrected chi connectivity index (χ1v) is 11.9. The Balaban J connectivity index is 1.73. The normalized spacial score (nSPS) is 17.3. The highest BCUT2D eigenvalue weighted by Crippen LogP contribution is 2.31. The van der Waals surface area contributed by atoms with E-state index in [0.717, 1.165) is 23.3 Å². The number of nitrogens with one attached hydrogen (secondary N) is 1. The topological polar surface area (TPSA) is 86.8 Å². The Morgan fingerprint density at radius 1 is 1.03 bits per heavy atom. The zero-order valence-corrected chi connectivity index (χ0v) is 18.7. The van der Waals surface area contributed by atoms with Crippen molar-refractivity contribution >= 4 is 33.1 Å². The lowest BCUT2D eigenvalue weighted by molar-refractivity contribution is -0.136. The molecule has 2 aromatic carbocycles. The van der Waals surface area contributed by atoms with E-state index in [1.165, 1.54) is 16.4 Å². The number of carbonyl (C=O) groups excluding carboxylic acids is 2. The van der Waals surface area contributed by atoms with Crippen molar-refractivity contribution in [3.63, 3.8) is 0 Å². The van der Waals surface area contributed by atoms with Crippen LogP contribution in [0.25, 0.3) is 5.57 Å². The molecule has 0 spiro atoms. The number of hydrogen-bond acceptors (Lipinski definition) is 5. The van der Waals surface area contributed by atoms with E-state index in [2.05, 4.69) is 11.9 Å². The van der Waals surface area contributed by atoms with Crippen LogP contribution in [0.1, 0.15) is 24.0 Å². The molecule has 1 N–H and O–H groups in total. The fourth-order valence-electron chi connectivity index (χ4n) is 3.93. The summed E-state index contributed by atoms with van der Waals surface area (Å²) in [7, 11) is -3.61. The lowest BCUT2D eigenvalue weighted by atomic mass is 10.0. The van der Waals surface area contributed by atoms with Gasteiger partial charge in [-0.3, -0.25) is 14.5 Å². The highest BCUT2D eigenvalue weighted by atomic mass is 32.2. The minimum absolute atomic E-state index is 0.0849. The second kappa shape index (κ2) is 8.72. The SMILES string of the molecule is C=CCN1C(=O)C(Nc2cccc(S(=O)(=O)N3CCCC3)c2)=C(c2ccc(C)cc2)C1=O. The average Bonchev–Trinajstić information content (AvgIpc) is 3.40. The molecule has 32 heavy (non-hydrogen) atoms. The first kappa shape index (κ1) is 22.0. The number of imide groups is 1. The van der Waals surface area contributed by atoms with Crippen molar-refractivity contribution in [3.8, 4) is 0 Å². The van der Waals surface area contributed by atoms with E-state index in [1.54, 1.807) is 30.3 Å². The van der Waals surface area contributed by atoms with Crippen molar-refractivity contribution in [1.29, 1.82) is 0 Å². The number of nitrogens with zero attached hydrogens (tertiary/aromatic N) is 2. The number of benzene rings is 2. The van der Waals surface area contributed by atoms with E-state index in [9.17, 15) is 18.0 Å². The molecule has 7 nitrogen and oxygen atoms in total. The van der Waals surface area contributed by atoms with E-state index in [4.69, 9.17) is 0 Å². The predicted molar refractivity (Wildman–Crippen MR) is 123 cm³/mol. The highest BCUT2D eigenvalue weighted by Gasteiger charge is 2.38. The van der Waals surface area contributed by atoms with Crippen molar-refractivity contribution in [2.45, 2.75) is 24.7 Å². The standard InChI is InChI=1S/C24H25N3O4S/c1-3-13-27-23(28)21(18-11-9-17(2)10-12-18)22(24(27)29)25-19-7-6-8-20(16-19)32(30,31)26-14-4-5-15-26/h3,6-12,16,25H,1,4-5,13-15H2,2H3. The minimum atomic E-state index is -3.61. The Kier molecular flexibility index (Phi) is 5.99. The summed E-state index contributed by atoms with van der Waals surface area (Å²) in [5.41, 5.74) is 2.44. The van der Waals surface area contributed by atoms with Gasteiger partial charge in [0.15, 0.2) is 0 Å². The van der Waals surface area contributed by atoms with Gasteiger partial charge >= 0.3 is 0 Å². The molecule has 0 radical (unpaired) electrons. The molecule has 1 saturated heterocycles. The molecule has 0 unspecified atom stereocenters. The number of aryl methyl sites for hydroxylation is 1. The summed E-state index contributed by atoms with van der Waals surface area (Å²) in [5, 5.41) is 3.03. The number of anilines is 1. The van der Waals surface area contributed by atoms with Crippen molar-refractivity contribution in [3.05, 3.63) is 78.0 Å². The molecule has 0 bridgehead atoms. The summed E-state index contributed by atoms with van der Waals surface area (Å²) in [6.07, 6.45) is 3.19. The maximum absolute atomic E-state index is 13.1. The van der Waals surface area contributed by atoms with Gasteiger partial charge in [0, 0.05) is 25.3 Å². The van der Waals surface area contributed by atoms with Crippen LogP contribution >= 0.6 is 0 Å². The van der Waals surface area contributed by atoms with Crippen molar-refractivity contribution in [1.82, 2.24) is 9.21 Å². The summed E-state index contributed by atoms with van der Waals surface area (Å²) in [5.74, 6) is -0.889. The van der Waals surface area contributed by atoms with E-state index >= 15 is 0 Å². The van der Waals surface area contributed by atoms with Crippen LogP contribution in [0.4, 0.5) is 5.69 Å². The van der Waals surface area contributed by atoms with Gasteiger partial charge in [0.05, 0.1) is 10.5 Å². The molecule has 0 atom stereocenters. The monoisotopic (exact) mass is 451 g/mol. The second-order valence-electron chi connectivity index (χ2n) is 7.89. The van der Waals surface area contributed by atoms with E-state index < -0.39 is 21.8 Å². The van der Waals surface area contributed by atoms with E-state index in [0.29, 0.717) is 24.3 Å². The maximum Gasteiger partial charge on any atom is 0.278 e. The predicted octanol–water partition coefficient (Wildman–Crippen LogP) is 3.16. The molecule has 8 heteroatoms. The molecule has 166 valence electrons. The van der Waals surface area contributed by atoms with Crippen LogP contribution in [0.5, 0.6) is 0 Å². The largest absolute Gasteiger partial charge is 0.350 e. The Hall–Kier alpha value is -3.23. The van der Waals surface area contributed by atoms with E-state index in [-0.39, 0.29) is 22.7 Å². The Morgan fingerprint density at radius 3 is 2.38 bits per heavy atom. The number of amides is 2. The van der Waals surface area contributed by atoms with Crippen LogP contribution in [0.2, 0.25) is 0 Å². The lowest BCUT2D eigenvalue weighted by Gasteiger charge is -2.16. The Morgan fingerprint density at radius 2 is 1.72 bits per heavy atom. The van der Waals surface area contributed by atoms with Gasteiger partial charge in [-0.1, -0.05) is 42.0 Å². The summed E-state index contributed by atoms with van der Waals surface area (Å²) >= 11 is 0. The zero-order chi connectivity index (χ0) is 22.9. The number of carbonyl (C=O) groups is 2. The minimum Gasteiger partial charge on any atom is -0.350 e. The average molecular weight is 452 g/mol. The van der Waals surface area contributed by atoms with Crippen LogP contribution < -0.4 is 5.32 Å². The summed E-state index contributed by atoms with van der Waals surface area (Å²) in [6.45, 7) is 6.67. The molecular formula is C24H25N3O4S. The first-order chi connectivity index (χ1) is 15.3. The maximum atomic E-state index is 13.1. The van der Waals surface area contributed by atoms with E-state index in [1.807, 2.05) is 19.1 Å². The molecule has 0 aliphatic carbocycles. The fourth-order valence-corrected chi connectivity index (χ4v) is 5.49. The smallest absolute Gasteiger partial charge is 0.278 e. The second-order valence-corrected chi connectivity index (χ2v) is 9.83. The molecule has 2 aliphatic heterocycles.